The molecule has 52 valence electrons. The van der Waals surface area contributed by atoms with E-state index >= 15 is 0 Å². The first-order valence-corrected chi connectivity index (χ1v) is 3.46. The van der Waals surface area contributed by atoms with Gasteiger partial charge in [-0.05, 0) is 19.3 Å². The number of unbranched alkanes of at least 4 members (excludes halogenated alkanes) is 4. The molecule has 0 saturated heterocycles. The van der Waals surface area contributed by atoms with E-state index in [4.69, 9.17) is 0 Å². The molecule has 0 spiro atoms. The summed E-state index contributed by atoms with van der Waals surface area (Å²) in [7, 11) is 0. The number of carbonyl (C=O) groups excluding carboxylic acids is 1. The second-order valence-electron chi connectivity index (χ2n) is 2.09. The summed E-state index contributed by atoms with van der Waals surface area (Å²) in [6.45, 7) is 3.61. The molecule has 0 aromatic carbocycles. The summed E-state index contributed by atoms with van der Waals surface area (Å²) in [5.41, 5.74) is 0. The zero-order valence-corrected chi connectivity index (χ0v) is 5.81. The minimum absolute atomic E-state index is 0.719. The topological polar surface area (TPSA) is 17.1 Å². The van der Waals surface area contributed by atoms with E-state index < -0.39 is 0 Å². The molecule has 9 heavy (non-hydrogen) atoms. The molecule has 0 bridgehead atoms. The van der Waals surface area contributed by atoms with Crippen molar-refractivity contribution in [1.82, 2.24) is 0 Å². The first kappa shape index (κ1) is 8.41. The van der Waals surface area contributed by atoms with Crippen molar-refractivity contribution in [3.63, 3.8) is 0 Å². The Morgan fingerprint density at radius 2 is 1.78 bits per heavy atom. The molecule has 0 radical (unpaired) electrons. The largest absolute Gasteiger partial charge is 0.303 e. The van der Waals surface area contributed by atoms with Crippen LogP contribution in [0.4, 0.5) is 0 Å². The van der Waals surface area contributed by atoms with Crippen LogP contribution in [-0.4, -0.2) is 6.29 Å². The summed E-state index contributed by atoms with van der Waals surface area (Å²) in [6, 6.07) is 0. The zero-order valence-electron chi connectivity index (χ0n) is 5.81. The summed E-state index contributed by atoms with van der Waals surface area (Å²) in [4.78, 5) is 9.82. The van der Waals surface area contributed by atoms with Gasteiger partial charge in [-0.15, -0.1) is 6.58 Å². The molecule has 0 aliphatic carbocycles. The van der Waals surface area contributed by atoms with Crippen LogP contribution in [0, 0.1) is 0 Å². The van der Waals surface area contributed by atoms with Crippen molar-refractivity contribution in [3.8, 4) is 0 Å². The first-order chi connectivity index (χ1) is 4.41. The normalized spacial score (nSPS) is 8.89. The number of carbonyl (C=O) groups is 1. The smallest absolute Gasteiger partial charge is 0.119 e. The zero-order chi connectivity index (χ0) is 6.95. The van der Waals surface area contributed by atoms with Gasteiger partial charge in [0.05, 0.1) is 0 Å². The average molecular weight is 126 g/mol. The van der Waals surface area contributed by atoms with E-state index in [9.17, 15) is 4.79 Å². The minimum atomic E-state index is 0.719. The summed E-state index contributed by atoms with van der Waals surface area (Å²) >= 11 is 0. The van der Waals surface area contributed by atoms with Crippen LogP contribution in [0.25, 0.3) is 0 Å². The predicted molar refractivity (Wildman–Crippen MR) is 39.3 cm³/mol. The lowest BCUT2D eigenvalue weighted by molar-refractivity contribution is -0.107. The molecule has 0 atom stereocenters. The van der Waals surface area contributed by atoms with Crippen LogP contribution in [-0.2, 0) is 4.79 Å². The third kappa shape index (κ3) is 7.41. The third-order valence-electron chi connectivity index (χ3n) is 1.23. The van der Waals surface area contributed by atoms with Crippen molar-refractivity contribution in [2.24, 2.45) is 0 Å². The standard InChI is InChI=1S/C8H14O/c1-2-3-4-5-6-7-8-9/h2,8H,1,3-7H2. The van der Waals surface area contributed by atoms with E-state index in [1.165, 1.54) is 6.42 Å². The maximum atomic E-state index is 9.82. The van der Waals surface area contributed by atoms with Crippen LogP contribution in [0.5, 0.6) is 0 Å². The van der Waals surface area contributed by atoms with Crippen LogP contribution in [0.15, 0.2) is 12.7 Å². The molecule has 1 heteroatoms. The van der Waals surface area contributed by atoms with Crippen molar-refractivity contribution in [3.05, 3.63) is 12.7 Å². The van der Waals surface area contributed by atoms with Crippen LogP contribution < -0.4 is 0 Å². The molecule has 0 amide bonds. The van der Waals surface area contributed by atoms with E-state index in [2.05, 4.69) is 6.58 Å². The van der Waals surface area contributed by atoms with Gasteiger partial charge in [-0.3, -0.25) is 0 Å². The molecule has 0 rings (SSSR count). The Morgan fingerprint density at radius 1 is 1.11 bits per heavy atom. The van der Waals surface area contributed by atoms with E-state index in [-0.39, 0.29) is 0 Å². The number of aldehydes is 1. The lowest BCUT2D eigenvalue weighted by Gasteiger charge is -1.91. The molecule has 1 nitrogen and oxygen atoms in total. The van der Waals surface area contributed by atoms with E-state index in [1.807, 2.05) is 6.08 Å². The lowest BCUT2D eigenvalue weighted by Crippen LogP contribution is -1.76. The molecule has 0 N–H and O–H groups in total. The fourth-order valence-electron chi connectivity index (χ4n) is 0.693. The molecule has 0 unspecified atom stereocenters. The maximum Gasteiger partial charge on any atom is 0.119 e. The third-order valence-corrected chi connectivity index (χ3v) is 1.23. The highest BCUT2D eigenvalue weighted by atomic mass is 16.1. The van der Waals surface area contributed by atoms with Gasteiger partial charge in [-0.25, -0.2) is 0 Å². The Hall–Kier alpha value is -0.590. The fraction of sp³-hybridized carbons (Fsp3) is 0.625. The van der Waals surface area contributed by atoms with E-state index in [1.54, 1.807) is 0 Å². The highest BCUT2D eigenvalue weighted by Crippen LogP contribution is 2.00. The summed E-state index contributed by atoms with van der Waals surface area (Å²) in [5, 5.41) is 0. The molecule has 0 aliphatic heterocycles. The van der Waals surface area contributed by atoms with Crippen molar-refractivity contribution in [2.75, 3.05) is 0 Å². The van der Waals surface area contributed by atoms with Gasteiger partial charge in [0.1, 0.15) is 6.29 Å². The van der Waals surface area contributed by atoms with Gasteiger partial charge < -0.3 is 4.79 Å². The molecular formula is C8H14O. The summed E-state index contributed by atoms with van der Waals surface area (Å²) in [5.74, 6) is 0. The Balaban J connectivity index is 2.74. The van der Waals surface area contributed by atoms with Crippen molar-refractivity contribution >= 4 is 6.29 Å². The van der Waals surface area contributed by atoms with Gasteiger partial charge >= 0.3 is 0 Å². The minimum Gasteiger partial charge on any atom is -0.303 e. The number of hydrogen-bond donors (Lipinski definition) is 0. The summed E-state index contributed by atoms with van der Waals surface area (Å²) in [6.07, 6.45) is 8.07. The second kappa shape index (κ2) is 7.41. The molecule has 0 fully saturated rings. The van der Waals surface area contributed by atoms with Crippen LogP contribution in [0.1, 0.15) is 32.1 Å². The number of allylic oxidation sites excluding steroid dienone is 1. The van der Waals surface area contributed by atoms with Crippen molar-refractivity contribution in [1.29, 1.82) is 0 Å². The van der Waals surface area contributed by atoms with Crippen LogP contribution >= 0.6 is 0 Å². The molecule has 0 aliphatic rings. The van der Waals surface area contributed by atoms with Crippen molar-refractivity contribution < 1.29 is 4.79 Å². The maximum absolute atomic E-state index is 9.82. The number of rotatable bonds is 6. The van der Waals surface area contributed by atoms with Gasteiger partial charge in [0.15, 0.2) is 0 Å². The Labute approximate surface area is 56.8 Å². The highest BCUT2D eigenvalue weighted by molar-refractivity contribution is 5.48. The Morgan fingerprint density at radius 3 is 2.33 bits per heavy atom. The fourth-order valence-corrected chi connectivity index (χ4v) is 0.693. The second-order valence-corrected chi connectivity index (χ2v) is 2.09. The van der Waals surface area contributed by atoms with Gasteiger partial charge in [-0.1, -0.05) is 12.5 Å². The summed E-state index contributed by atoms with van der Waals surface area (Å²) < 4.78 is 0. The first-order valence-electron chi connectivity index (χ1n) is 3.46. The van der Waals surface area contributed by atoms with Gasteiger partial charge in [0.25, 0.3) is 0 Å². The molecule has 0 aromatic heterocycles. The SMILES string of the molecule is C=CCCCCCC=O. The van der Waals surface area contributed by atoms with Crippen LogP contribution in [0.2, 0.25) is 0 Å². The molecular weight excluding hydrogens is 112 g/mol. The van der Waals surface area contributed by atoms with Gasteiger partial charge in [0, 0.05) is 6.42 Å². The van der Waals surface area contributed by atoms with Gasteiger partial charge in [-0.2, -0.15) is 0 Å². The highest BCUT2D eigenvalue weighted by Gasteiger charge is 1.84. The van der Waals surface area contributed by atoms with E-state index in [0.717, 1.165) is 32.0 Å². The lowest BCUT2D eigenvalue weighted by atomic mass is 10.1. The quantitative estimate of drug-likeness (QED) is 0.303. The van der Waals surface area contributed by atoms with Gasteiger partial charge in [0.2, 0.25) is 0 Å². The molecule has 0 heterocycles. The molecule has 0 aromatic rings. The monoisotopic (exact) mass is 126 g/mol. The Kier molecular flexibility index (Phi) is 6.92. The average Bonchev–Trinajstić information content (AvgIpc) is 1.89. The Bertz CT molecular complexity index is 66.6. The number of hydrogen-bond acceptors (Lipinski definition) is 1. The van der Waals surface area contributed by atoms with E-state index in [0.29, 0.717) is 0 Å². The molecule has 0 saturated carbocycles. The predicted octanol–water partition coefficient (Wildman–Crippen LogP) is 2.32. The van der Waals surface area contributed by atoms with Crippen LogP contribution in [0.3, 0.4) is 0 Å². The van der Waals surface area contributed by atoms with Crippen molar-refractivity contribution in [2.45, 2.75) is 32.1 Å².